The Bertz CT molecular complexity index is 1460. The zero-order valence-corrected chi connectivity index (χ0v) is 20.3. The first kappa shape index (κ1) is 22.7. The Morgan fingerprint density at radius 1 is 0.914 bits per heavy atom. The van der Waals surface area contributed by atoms with Crippen molar-refractivity contribution < 1.29 is 14.3 Å². The van der Waals surface area contributed by atoms with Gasteiger partial charge >= 0.3 is 0 Å². The molecule has 1 heterocycles. The monoisotopic (exact) mass is 480 g/mol. The molecule has 1 saturated heterocycles. The van der Waals surface area contributed by atoms with Gasteiger partial charge in [-0.3, -0.25) is 4.79 Å². The van der Waals surface area contributed by atoms with Crippen LogP contribution in [0.1, 0.15) is 16.7 Å². The molecule has 0 atom stereocenters. The van der Waals surface area contributed by atoms with E-state index < -0.39 is 0 Å². The number of methoxy groups -OCH3 is 1. The maximum absolute atomic E-state index is 12.5. The number of carbonyl (C=O) groups excluding carboxylic acids is 1. The molecule has 0 saturated carbocycles. The van der Waals surface area contributed by atoms with Gasteiger partial charge in [0.15, 0.2) is 16.7 Å². The smallest absolute Gasteiger partial charge is 0.264 e. The molecule has 35 heavy (non-hydrogen) atoms. The van der Waals surface area contributed by atoms with Gasteiger partial charge < -0.3 is 14.8 Å². The number of fused-ring (bicyclic) bond motifs is 1. The summed E-state index contributed by atoms with van der Waals surface area (Å²) in [5.74, 6) is 1.08. The standard InChI is InChI=1S/C29H24N2O3S/c1-19-7-12-24(13-8-19)30-29-31-28(32)27(35-29)17-20-10-14-25(26(16-20)33-2)34-18-21-9-11-22-5-3-4-6-23(22)15-21/h3-17H,18H2,1-2H3,(H,30,31,32)/b27-17+. The molecule has 0 spiro atoms. The summed E-state index contributed by atoms with van der Waals surface area (Å²) >= 11 is 1.32. The van der Waals surface area contributed by atoms with E-state index in [0.717, 1.165) is 22.4 Å². The lowest BCUT2D eigenvalue weighted by molar-refractivity contribution is -0.115. The van der Waals surface area contributed by atoms with Crippen molar-refractivity contribution in [3.63, 3.8) is 0 Å². The molecular weight excluding hydrogens is 456 g/mol. The SMILES string of the molecule is COc1cc(/C=C2/SC(=Nc3ccc(C)cc3)NC2=O)ccc1OCc1ccc2ccccc2c1. The molecule has 0 aromatic heterocycles. The second kappa shape index (κ2) is 10.1. The molecule has 1 amide bonds. The van der Waals surface area contributed by atoms with Crippen LogP contribution in [-0.2, 0) is 11.4 Å². The molecule has 0 aliphatic carbocycles. The first-order chi connectivity index (χ1) is 17.1. The summed E-state index contributed by atoms with van der Waals surface area (Å²) in [7, 11) is 1.61. The summed E-state index contributed by atoms with van der Waals surface area (Å²) in [6, 6.07) is 28.0. The third kappa shape index (κ3) is 5.39. The van der Waals surface area contributed by atoms with Gasteiger partial charge in [-0.1, -0.05) is 60.2 Å². The van der Waals surface area contributed by atoms with Crippen molar-refractivity contribution in [2.75, 3.05) is 7.11 Å². The van der Waals surface area contributed by atoms with Crippen LogP contribution in [0.2, 0.25) is 0 Å². The summed E-state index contributed by atoms with van der Waals surface area (Å²) in [6.45, 7) is 2.45. The van der Waals surface area contributed by atoms with Gasteiger partial charge in [0.05, 0.1) is 17.7 Å². The van der Waals surface area contributed by atoms with E-state index in [-0.39, 0.29) is 5.91 Å². The number of aliphatic imine (C=N–C) groups is 1. The van der Waals surface area contributed by atoms with Crippen LogP contribution >= 0.6 is 11.8 Å². The Morgan fingerprint density at radius 3 is 2.51 bits per heavy atom. The van der Waals surface area contributed by atoms with Crippen LogP contribution in [0.15, 0.2) is 94.8 Å². The largest absolute Gasteiger partial charge is 0.493 e. The van der Waals surface area contributed by atoms with E-state index in [9.17, 15) is 4.79 Å². The van der Waals surface area contributed by atoms with Gasteiger partial charge in [-0.05, 0) is 77.0 Å². The highest BCUT2D eigenvalue weighted by atomic mass is 32.2. The lowest BCUT2D eigenvalue weighted by atomic mass is 10.1. The fourth-order valence-electron chi connectivity index (χ4n) is 3.75. The lowest BCUT2D eigenvalue weighted by Gasteiger charge is -2.12. The van der Waals surface area contributed by atoms with Crippen LogP contribution in [0.25, 0.3) is 16.8 Å². The highest BCUT2D eigenvalue weighted by molar-refractivity contribution is 8.18. The molecule has 1 fully saturated rings. The Labute approximate surface area is 208 Å². The fourth-order valence-corrected chi connectivity index (χ4v) is 4.59. The van der Waals surface area contributed by atoms with Crippen molar-refractivity contribution in [1.82, 2.24) is 5.32 Å². The zero-order chi connectivity index (χ0) is 24.2. The van der Waals surface area contributed by atoms with Gasteiger partial charge in [-0.15, -0.1) is 0 Å². The molecule has 5 nitrogen and oxygen atoms in total. The molecule has 0 unspecified atom stereocenters. The van der Waals surface area contributed by atoms with Crippen molar-refractivity contribution in [2.24, 2.45) is 4.99 Å². The molecule has 174 valence electrons. The number of thioether (sulfide) groups is 1. The Balaban J connectivity index is 1.30. The quantitative estimate of drug-likeness (QED) is 0.315. The highest BCUT2D eigenvalue weighted by Crippen LogP contribution is 2.33. The average Bonchev–Trinajstić information content (AvgIpc) is 3.22. The summed E-state index contributed by atoms with van der Waals surface area (Å²) in [5.41, 5.74) is 3.89. The van der Waals surface area contributed by atoms with Gasteiger partial charge in [-0.2, -0.15) is 0 Å². The van der Waals surface area contributed by atoms with Gasteiger partial charge in [-0.25, -0.2) is 4.99 Å². The molecule has 1 aliphatic rings. The maximum atomic E-state index is 12.5. The summed E-state index contributed by atoms with van der Waals surface area (Å²) < 4.78 is 11.6. The van der Waals surface area contributed by atoms with Gasteiger partial charge in [0, 0.05) is 0 Å². The molecule has 0 bridgehead atoms. The topological polar surface area (TPSA) is 59.9 Å². The minimum absolute atomic E-state index is 0.170. The minimum Gasteiger partial charge on any atom is -0.493 e. The molecular formula is C29H24N2O3S. The van der Waals surface area contributed by atoms with Crippen molar-refractivity contribution in [2.45, 2.75) is 13.5 Å². The molecule has 0 radical (unpaired) electrons. The van der Waals surface area contributed by atoms with Gasteiger partial charge in [0.2, 0.25) is 0 Å². The Morgan fingerprint density at radius 2 is 1.71 bits per heavy atom. The van der Waals surface area contributed by atoms with Crippen LogP contribution in [0.4, 0.5) is 5.69 Å². The molecule has 4 aromatic rings. The summed E-state index contributed by atoms with van der Waals surface area (Å²) in [5, 5.41) is 5.77. The number of benzene rings is 4. The van der Waals surface area contributed by atoms with Crippen molar-refractivity contribution >= 4 is 45.4 Å². The average molecular weight is 481 g/mol. The number of amidine groups is 1. The first-order valence-corrected chi connectivity index (χ1v) is 12.0. The molecule has 1 aliphatic heterocycles. The normalized spacial score (nSPS) is 15.5. The van der Waals surface area contributed by atoms with Crippen molar-refractivity contribution in [3.05, 3.63) is 107 Å². The van der Waals surface area contributed by atoms with Crippen LogP contribution in [0, 0.1) is 6.92 Å². The Kier molecular flexibility index (Phi) is 6.55. The van der Waals surface area contributed by atoms with E-state index in [1.54, 1.807) is 7.11 Å². The van der Waals surface area contributed by atoms with E-state index in [1.807, 2.05) is 67.6 Å². The number of hydrogen-bond donors (Lipinski definition) is 1. The number of amides is 1. The number of carbonyl (C=O) groups is 1. The number of aryl methyl sites for hydroxylation is 1. The van der Waals surface area contributed by atoms with Crippen molar-refractivity contribution in [1.29, 1.82) is 0 Å². The predicted molar refractivity (Wildman–Crippen MR) is 143 cm³/mol. The van der Waals surface area contributed by atoms with Crippen molar-refractivity contribution in [3.8, 4) is 11.5 Å². The van der Waals surface area contributed by atoms with E-state index in [1.165, 1.54) is 22.5 Å². The lowest BCUT2D eigenvalue weighted by Crippen LogP contribution is -2.19. The first-order valence-electron chi connectivity index (χ1n) is 11.2. The second-order valence-electron chi connectivity index (χ2n) is 8.20. The second-order valence-corrected chi connectivity index (χ2v) is 9.23. The van der Waals surface area contributed by atoms with Crippen LogP contribution < -0.4 is 14.8 Å². The number of ether oxygens (including phenoxy) is 2. The molecule has 4 aromatic carbocycles. The van der Waals surface area contributed by atoms with Crippen LogP contribution in [0.5, 0.6) is 11.5 Å². The third-order valence-corrected chi connectivity index (χ3v) is 6.52. The van der Waals surface area contributed by atoms with Gasteiger partial charge in [0.25, 0.3) is 5.91 Å². The molecule has 1 N–H and O–H groups in total. The van der Waals surface area contributed by atoms with Gasteiger partial charge in [0.1, 0.15) is 6.61 Å². The number of nitrogens with one attached hydrogen (secondary N) is 1. The summed E-state index contributed by atoms with van der Waals surface area (Å²) in [6.07, 6.45) is 1.83. The number of nitrogens with zero attached hydrogens (tertiary/aromatic N) is 1. The number of rotatable bonds is 6. The number of hydrogen-bond acceptors (Lipinski definition) is 5. The minimum atomic E-state index is -0.170. The van der Waals surface area contributed by atoms with E-state index in [0.29, 0.717) is 28.2 Å². The van der Waals surface area contributed by atoms with Crippen LogP contribution in [-0.4, -0.2) is 18.2 Å². The van der Waals surface area contributed by atoms with Crippen LogP contribution in [0.3, 0.4) is 0 Å². The van der Waals surface area contributed by atoms with E-state index >= 15 is 0 Å². The summed E-state index contributed by atoms with van der Waals surface area (Å²) in [4.78, 5) is 17.6. The zero-order valence-electron chi connectivity index (χ0n) is 19.4. The highest BCUT2D eigenvalue weighted by Gasteiger charge is 2.24. The molecule has 6 heteroatoms. The maximum Gasteiger partial charge on any atom is 0.264 e. The van der Waals surface area contributed by atoms with E-state index in [2.05, 4.69) is 40.6 Å². The Hall–Kier alpha value is -4.03. The predicted octanol–water partition coefficient (Wildman–Crippen LogP) is 6.63. The van der Waals surface area contributed by atoms with E-state index in [4.69, 9.17) is 9.47 Å². The third-order valence-electron chi connectivity index (χ3n) is 5.61. The molecule has 5 rings (SSSR count). The fraction of sp³-hybridized carbons (Fsp3) is 0.103.